The van der Waals surface area contributed by atoms with Gasteiger partial charge in [-0.2, -0.15) is 4.98 Å². The van der Waals surface area contributed by atoms with E-state index in [1.54, 1.807) is 6.92 Å². The van der Waals surface area contributed by atoms with Crippen molar-refractivity contribution >= 4 is 23.8 Å². The van der Waals surface area contributed by atoms with E-state index in [2.05, 4.69) is 25.3 Å². The van der Waals surface area contributed by atoms with E-state index >= 15 is 4.39 Å². The number of ether oxygens (including phenoxy) is 2. The molecule has 2 aliphatic heterocycles. The Kier molecular flexibility index (Phi) is 6.70. The van der Waals surface area contributed by atoms with E-state index in [-0.39, 0.29) is 37.2 Å². The van der Waals surface area contributed by atoms with Crippen LogP contribution in [0.25, 0.3) is 11.3 Å². The highest BCUT2D eigenvalue weighted by Crippen LogP contribution is 2.32. The summed E-state index contributed by atoms with van der Waals surface area (Å²) < 4.78 is 26.1. The van der Waals surface area contributed by atoms with Crippen molar-refractivity contribution in [2.24, 2.45) is 0 Å². The molecule has 0 aliphatic carbocycles. The number of hydrogen-bond acceptors (Lipinski definition) is 11. The zero-order chi connectivity index (χ0) is 23.4. The van der Waals surface area contributed by atoms with Gasteiger partial charge in [-0.25, -0.2) is 24.1 Å². The van der Waals surface area contributed by atoms with Gasteiger partial charge < -0.3 is 35.4 Å². The second kappa shape index (κ2) is 9.67. The molecule has 0 spiro atoms. The fourth-order valence-electron chi connectivity index (χ4n) is 3.84. The number of aliphatic hydroxyl groups excluding tert-OH is 1. The first kappa shape index (κ1) is 22.9. The van der Waals surface area contributed by atoms with Crippen LogP contribution in [-0.4, -0.2) is 94.2 Å². The van der Waals surface area contributed by atoms with Gasteiger partial charge in [0.15, 0.2) is 11.6 Å². The van der Waals surface area contributed by atoms with Gasteiger partial charge in [-0.3, -0.25) is 0 Å². The molecule has 2 fully saturated rings. The molecule has 13 heteroatoms. The lowest BCUT2D eigenvalue weighted by atomic mass is 10.00. The lowest BCUT2D eigenvalue weighted by Gasteiger charge is -2.31. The number of amides is 1. The van der Waals surface area contributed by atoms with Crippen molar-refractivity contribution in [1.29, 1.82) is 0 Å². The van der Waals surface area contributed by atoms with E-state index < -0.39 is 17.4 Å². The standard InChI is InChI=1S/C20H27FN8O4/c1-2-33-19(31)29-4-3-20(11-29,12-30)27-16-14(21)15(13-9-23-17(22)24-10-13)25-18(26-16)28-5-7-32-8-6-28/h9-10,30H,2-8,11-12H2,1H3,(H2,22,23,24)(H,25,26,27)/t20-/m0/s1. The zero-order valence-electron chi connectivity index (χ0n) is 18.3. The Hall–Kier alpha value is -3.32. The Morgan fingerprint density at radius 2 is 2.03 bits per heavy atom. The lowest BCUT2D eigenvalue weighted by Crippen LogP contribution is -2.46. The number of carbonyl (C=O) groups excluding carboxylic acids is 1. The molecule has 2 aliphatic rings. The molecule has 2 aromatic heterocycles. The van der Waals surface area contributed by atoms with Gasteiger partial charge in [0.05, 0.1) is 32.0 Å². The number of nitrogens with two attached hydrogens (primary N) is 1. The molecule has 4 rings (SSSR count). The maximum atomic E-state index is 15.6. The largest absolute Gasteiger partial charge is 0.450 e. The number of halogens is 1. The van der Waals surface area contributed by atoms with Crippen LogP contribution in [0.4, 0.5) is 26.9 Å². The number of likely N-dealkylation sites (tertiary alicyclic amines) is 1. The topological polar surface area (TPSA) is 152 Å². The molecule has 2 saturated heterocycles. The SMILES string of the molecule is CCOC(=O)N1CC[C@](CO)(Nc2nc(N3CCOCC3)nc(-c3cnc(N)nc3)c2F)C1. The molecular formula is C20H27FN8O4. The van der Waals surface area contributed by atoms with Crippen molar-refractivity contribution in [3.8, 4) is 11.3 Å². The van der Waals surface area contributed by atoms with Gasteiger partial charge >= 0.3 is 6.09 Å². The van der Waals surface area contributed by atoms with E-state index in [0.29, 0.717) is 50.8 Å². The number of morpholine rings is 1. The highest BCUT2D eigenvalue weighted by atomic mass is 19.1. The molecule has 0 aromatic carbocycles. The van der Waals surface area contributed by atoms with Crippen LogP contribution >= 0.6 is 0 Å². The van der Waals surface area contributed by atoms with Crippen molar-refractivity contribution < 1.29 is 23.8 Å². The van der Waals surface area contributed by atoms with Crippen molar-refractivity contribution in [2.75, 3.05) is 68.6 Å². The van der Waals surface area contributed by atoms with Crippen LogP contribution < -0.4 is 16.0 Å². The number of nitrogen functional groups attached to an aromatic ring is 1. The number of hydrogen-bond donors (Lipinski definition) is 3. The smallest absolute Gasteiger partial charge is 0.409 e. The van der Waals surface area contributed by atoms with Crippen LogP contribution in [0.3, 0.4) is 0 Å². The normalized spacial score (nSPS) is 20.7. The molecular weight excluding hydrogens is 435 g/mol. The average Bonchev–Trinajstić information content (AvgIpc) is 3.26. The number of anilines is 3. The highest BCUT2D eigenvalue weighted by Gasteiger charge is 2.41. The van der Waals surface area contributed by atoms with Crippen LogP contribution in [0.5, 0.6) is 0 Å². The van der Waals surface area contributed by atoms with Crippen molar-refractivity contribution in [2.45, 2.75) is 18.9 Å². The van der Waals surface area contributed by atoms with E-state index in [4.69, 9.17) is 15.2 Å². The van der Waals surface area contributed by atoms with Crippen molar-refractivity contribution in [3.63, 3.8) is 0 Å². The molecule has 4 heterocycles. The fourth-order valence-corrected chi connectivity index (χ4v) is 3.84. The minimum absolute atomic E-state index is 0.00216. The molecule has 0 saturated carbocycles. The second-order valence-corrected chi connectivity index (χ2v) is 7.90. The van der Waals surface area contributed by atoms with Crippen LogP contribution in [0.15, 0.2) is 12.4 Å². The summed E-state index contributed by atoms with van der Waals surface area (Å²) in [6.07, 6.45) is 2.69. The minimum Gasteiger partial charge on any atom is -0.450 e. The second-order valence-electron chi connectivity index (χ2n) is 7.90. The number of aromatic nitrogens is 4. The molecule has 33 heavy (non-hydrogen) atoms. The number of nitrogens with zero attached hydrogens (tertiary/aromatic N) is 6. The molecule has 2 aromatic rings. The zero-order valence-corrected chi connectivity index (χ0v) is 18.3. The lowest BCUT2D eigenvalue weighted by molar-refractivity contribution is 0.112. The molecule has 178 valence electrons. The molecule has 1 amide bonds. The first-order valence-corrected chi connectivity index (χ1v) is 10.7. The predicted octanol–water partition coefficient (Wildman–Crippen LogP) is 0.497. The third kappa shape index (κ3) is 4.88. The Morgan fingerprint density at radius 3 is 2.70 bits per heavy atom. The van der Waals surface area contributed by atoms with Gasteiger partial charge in [0.1, 0.15) is 5.69 Å². The molecule has 0 bridgehead atoms. The van der Waals surface area contributed by atoms with E-state index in [9.17, 15) is 9.90 Å². The fraction of sp³-hybridized carbons (Fsp3) is 0.550. The quantitative estimate of drug-likeness (QED) is 0.550. The molecule has 0 radical (unpaired) electrons. The first-order valence-electron chi connectivity index (χ1n) is 10.7. The maximum absolute atomic E-state index is 15.6. The van der Waals surface area contributed by atoms with Gasteiger partial charge in [0.2, 0.25) is 11.9 Å². The number of rotatable bonds is 6. The molecule has 4 N–H and O–H groups in total. The van der Waals surface area contributed by atoms with Gasteiger partial charge in [-0.15, -0.1) is 0 Å². The third-order valence-corrected chi connectivity index (χ3v) is 5.64. The first-order chi connectivity index (χ1) is 15.9. The van der Waals surface area contributed by atoms with Crippen LogP contribution in [0, 0.1) is 5.82 Å². The maximum Gasteiger partial charge on any atom is 0.409 e. The Balaban J connectivity index is 1.69. The number of aliphatic hydroxyl groups is 1. The summed E-state index contributed by atoms with van der Waals surface area (Å²) in [6.45, 7) is 4.21. The summed E-state index contributed by atoms with van der Waals surface area (Å²) in [4.78, 5) is 32.2. The van der Waals surface area contributed by atoms with Crippen LogP contribution in [-0.2, 0) is 9.47 Å². The molecule has 0 unspecified atom stereocenters. The van der Waals surface area contributed by atoms with Gasteiger partial charge in [-0.1, -0.05) is 0 Å². The monoisotopic (exact) mass is 462 g/mol. The van der Waals surface area contributed by atoms with E-state index in [1.165, 1.54) is 17.3 Å². The van der Waals surface area contributed by atoms with Crippen molar-refractivity contribution in [1.82, 2.24) is 24.8 Å². The van der Waals surface area contributed by atoms with Crippen LogP contribution in [0.2, 0.25) is 0 Å². The summed E-state index contributed by atoms with van der Waals surface area (Å²) in [5, 5.41) is 13.2. The highest BCUT2D eigenvalue weighted by molar-refractivity contribution is 5.69. The summed E-state index contributed by atoms with van der Waals surface area (Å²) in [5.74, 6) is -0.438. The van der Waals surface area contributed by atoms with E-state index in [1.807, 2.05) is 4.90 Å². The predicted molar refractivity (Wildman–Crippen MR) is 117 cm³/mol. The summed E-state index contributed by atoms with van der Waals surface area (Å²) in [6, 6.07) is 0. The van der Waals surface area contributed by atoms with Gasteiger partial charge in [0.25, 0.3) is 0 Å². The number of nitrogens with one attached hydrogen (secondary N) is 1. The molecule has 12 nitrogen and oxygen atoms in total. The summed E-state index contributed by atoms with van der Waals surface area (Å²) in [7, 11) is 0. The summed E-state index contributed by atoms with van der Waals surface area (Å²) >= 11 is 0. The average molecular weight is 462 g/mol. The molecule has 1 atom stereocenters. The Morgan fingerprint density at radius 1 is 1.30 bits per heavy atom. The minimum atomic E-state index is -0.987. The number of carbonyl (C=O) groups is 1. The Bertz CT molecular complexity index is 989. The van der Waals surface area contributed by atoms with E-state index in [0.717, 1.165) is 0 Å². The van der Waals surface area contributed by atoms with Gasteiger partial charge in [0, 0.05) is 44.1 Å². The van der Waals surface area contributed by atoms with Crippen LogP contribution in [0.1, 0.15) is 13.3 Å². The van der Waals surface area contributed by atoms with Gasteiger partial charge in [-0.05, 0) is 13.3 Å². The Labute approximate surface area is 189 Å². The summed E-state index contributed by atoms with van der Waals surface area (Å²) in [5.41, 5.74) is 4.92. The third-order valence-electron chi connectivity index (χ3n) is 5.64. The van der Waals surface area contributed by atoms with Crippen molar-refractivity contribution in [3.05, 3.63) is 18.2 Å².